The van der Waals surface area contributed by atoms with E-state index in [9.17, 15) is 17.6 Å². The summed E-state index contributed by atoms with van der Waals surface area (Å²) in [6.45, 7) is 1.64. The van der Waals surface area contributed by atoms with Crippen LogP contribution < -0.4 is 14.8 Å². The molecule has 8 heteroatoms. The van der Waals surface area contributed by atoms with Gasteiger partial charge in [0.25, 0.3) is 5.91 Å². The summed E-state index contributed by atoms with van der Waals surface area (Å²) in [4.78, 5) is 11.2. The van der Waals surface area contributed by atoms with Gasteiger partial charge < -0.3 is 10.1 Å². The fourth-order valence-corrected chi connectivity index (χ4v) is 3.05. The highest BCUT2D eigenvalue weighted by Crippen LogP contribution is 2.37. The van der Waals surface area contributed by atoms with Gasteiger partial charge in [-0.2, -0.15) is 0 Å². The lowest BCUT2D eigenvalue weighted by molar-refractivity contribution is -0.118. The van der Waals surface area contributed by atoms with Crippen LogP contribution in [0.2, 0.25) is 0 Å². The number of unbranched alkanes of at least 4 members (excludes halogenated alkanes) is 1. The predicted octanol–water partition coefficient (Wildman–Crippen LogP) is 1.70. The second-order valence-corrected chi connectivity index (χ2v) is 6.28. The van der Waals surface area contributed by atoms with Crippen LogP contribution in [0.25, 0.3) is 0 Å². The second-order valence-electron chi connectivity index (χ2n) is 4.44. The van der Waals surface area contributed by atoms with Crippen LogP contribution >= 0.6 is 0 Å². The Hall–Kier alpha value is -1.83. The molecule has 1 aliphatic rings. The van der Waals surface area contributed by atoms with Crippen LogP contribution in [0.3, 0.4) is 0 Å². The quantitative estimate of drug-likeness (QED) is 0.867. The molecule has 0 saturated heterocycles. The van der Waals surface area contributed by atoms with Crippen molar-refractivity contribution in [3.8, 4) is 5.75 Å². The molecule has 0 unspecified atom stereocenters. The first-order valence-corrected chi connectivity index (χ1v) is 7.83. The molecule has 0 spiro atoms. The van der Waals surface area contributed by atoms with Crippen molar-refractivity contribution < 1.29 is 22.3 Å². The summed E-state index contributed by atoms with van der Waals surface area (Å²) in [5.74, 6) is -1.00. The van der Waals surface area contributed by atoms with Crippen LogP contribution in [0, 0.1) is 5.82 Å². The van der Waals surface area contributed by atoms with Gasteiger partial charge in [-0.1, -0.05) is 13.3 Å². The van der Waals surface area contributed by atoms with Gasteiger partial charge in [0.05, 0.1) is 17.1 Å². The van der Waals surface area contributed by atoms with Gasteiger partial charge >= 0.3 is 0 Å². The summed E-state index contributed by atoms with van der Waals surface area (Å²) in [5.41, 5.74) is 0.116. The van der Waals surface area contributed by atoms with Crippen LogP contribution in [-0.2, 0) is 14.8 Å². The number of ether oxygens (including phenoxy) is 1. The van der Waals surface area contributed by atoms with Crippen LogP contribution in [0.4, 0.5) is 15.8 Å². The third-order valence-electron chi connectivity index (χ3n) is 2.71. The molecule has 1 aromatic carbocycles. The Labute approximate surface area is 116 Å². The van der Waals surface area contributed by atoms with E-state index in [0.717, 1.165) is 18.6 Å². The van der Waals surface area contributed by atoms with Crippen molar-refractivity contribution in [1.82, 2.24) is 0 Å². The van der Waals surface area contributed by atoms with E-state index in [2.05, 4.69) is 10.0 Å². The number of amides is 1. The molecule has 0 fully saturated rings. The molecule has 1 heterocycles. The van der Waals surface area contributed by atoms with Gasteiger partial charge in [0.1, 0.15) is 5.82 Å². The zero-order valence-corrected chi connectivity index (χ0v) is 11.7. The second kappa shape index (κ2) is 5.66. The molecule has 0 bridgehead atoms. The summed E-state index contributed by atoms with van der Waals surface area (Å²) in [6.07, 6.45) is 1.24. The van der Waals surface area contributed by atoms with Crippen molar-refractivity contribution in [3.63, 3.8) is 0 Å². The number of rotatable bonds is 5. The molecule has 1 aliphatic heterocycles. The fourth-order valence-electron chi connectivity index (χ4n) is 1.79. The van der Waals surface area contributed by atoms with Crippen molar-refractivity contribution in [2.75, 3.05) is 22.4 Å². The van der Waals surface area contributed by atoms with Gasteiger partial charge in [-0.15, -0.1) is 0 Å². The Morgan fingerprint density at radius 2 is 2.20 bits per heavy atom. The highest BCUT2D eigenvalue weighted by atomic mass is 32.2. The van der Waals surface area contributed by atoms with Gasteiger partial charge in [0.2, 0.25) is 10.0 Å². The molecule has 0 radical (unpaired) electrons. The van der Waals surface area contributed by atoms with Gasteiger partial charge in [-0.05, 0) is 6.42 Å². The molecule has 1 amide bonds. The van der Waals surface area contributed by atoms with Crippen LogP contribution in [0.1, 0.15) is 19.8 Å². The van der Waals surface area contributed by atoms with E-state index in [1.807, 2.05) is 6.92 Å². The summed E-state index contributed by atoms with van der Waals surface area (Å²) in [7, 11) is -3.57. The lowest BCUT2D eigenvalue weighted by Crippen LogP contribution is -2.27. The SMILES string of the molecule is CCCCS(=O)(=O)Nc1cc(F)cc2c1OCC(=O)N2. The third kappa shape index (κ3) is 3.38. The van der Waals surface area contributed by atoms with Crippen LogP contribution in [0.5, 0.6) is 5.75 Å². The fraction of sp³-hybridized carbons (Fsp3) is 0.417. The first-order valence-electron chi connectivity index (χ1n) is 6.18. The molecule has 0 aliphatic carbocycles. The molecule has 110 valence electrons. The average Bonchev–Trinajstić information content (AvgIpc) is 2.35. The number of benzene rings is 1. The van der Waals surface area contributed by atoms with Gasteiger partial charge in [-0.3, -0.25) is 9.52 Å². The number of nitrogens with one attached hydrogen (secondary N) is 2. The number of carbonyl (C=O) groups is 1. The number of fused-ring (bicyclic) bond motifs is 1. The lowest BCUT2D eigenvalue weighted by atomic mass is 10.2. The van der Waals surface area contributed by atoms with Gasteiger partial charge in [-0.25, -0.2) is 12.8 Å². The Morgan fingerprint density at radius 3 is 2.90 bits per heavy atom. The van der Waals surface area contributed by atoms with E-state index in [1.165, 1.54) is 0 Å². The highest BCUT2D eigenvalue weighted by molar-refractivity contribution is 7.92. The monoisotopic (exact) mass is 302 g/mol. The van der Waals surface area contributed by atoms with Crippen LogP contribution in [0.15, 0.2) is 12.1 Å². The van der Waals surface area contributed by atoms with Crippen molar-refractivity contribution >= 4 is 27.3 Å². The van der Waals surface area contributed by atoms with Gasteiger partial charge in [0, 0.05) is 12.1 Å². The zero-order valence-electron chi connectivity index (χ0n) is 10.9. The van der Waals surface area contributed by atoms with Crippen molar-refractivity contribution in [3.05, 3.63) is 17.9 Å². The molecule has 0 aromatic heterocycles. The first-order chi connectivity index (χ1) is 9.41. The molecule has 2 N–H and O–H groups in total. The van der Waals surface area contributed by atoms with E-state index < -0.39 is 21.7 Å². The van der Waals surface area contributed by atoms with E-state index in [4.69, 9.17) is 4.74 Å². The molecule has 0 atom stereocenters. The molecule has 0 saturated carbocycles. The zero-order chi connectivity index (χ0) is 14.8. The Balaban J connectivity index is 2.30. The summed E-state index contributed by atoms with van der Waals surface area (Å²) < 4.78 is 44.6. The maximum atomic E-state index is 13.5. The van der Waals surface area contributed by atoms with Crippen molar-refractivity contribution in [1.29, 1.82) is 0 Å². The molecule has 20 heavy (non-hydrogen) atoms. The summed E-state index contributed by atoms with van der Waals surface area (Å²) >= 11 is 0. The molecular formula is C12H15FN2O4S. The summed E-state index contributed by atoms with van der Waals surface area (Å²) in [6, 6.07) is 2.11. The number of hydrogen-bond acceptors (Lipinski definition) is 4. The molecule has 1 aromatic rings. The Kier molecular flexibility index (Phi) is 4.12. The number of halogens is 1. The number of hydrogen-bond donors (Lipinski definition) is 2. The standard InChI is InChI=1S/C12H15FN2O4S/c1-2-3-4-20(17,18)15-10-6-8(13)5-9-12(10)19-7-11(16)14-9/h5-6,15H,2-4,7H2,1H3,(H,14,16). The number of anilines is 2. The minimum Gasteiger partial charge on any atom is -0.479 e. The highest BCUT2D eigenvalue weighted by Gasteiger charge is 2.23. The Bertz CT molecular complexity index is 631. The Morgan fingerprint density at radius 1 is 1.45 bits per heavy atom. The third-order valence-corrected chi connectivity index (χ3v) is 4.06. The molecular weight excluding hydrogens is 287 g/mol. The first kappa shape index (κ1) is 14.6. The smallest absolute Gasteiger partial charge is 0.262 e. The molecule has 6 nitrogen and oxygen atoms in total. The van der Waals surface area contributed by atoms with E-state index in [0.29, 0.717) is 6.42 Å². The minimum atomic E-state index is -3.57. The average molecular weight is 302 g/mol. The maximum Gasteiger partial charge on any atom is 0.262 e. The largest absolute Gasteiger partial charge is 0.479 e. The van der Waals surface area contributed by atoms with Gasteiger partial charge in [0.15, 0.2) is 12.4 Å². The van der Waals surface area contributed by atoms with Crippen LogP contribution in [-0.4, -0.2) is 26.7 Å². The van der Waals surface area contributed by atoms with E-state index >= 15 is 0 Å². The lowest BCUT2D eigenvalue weighted by Gasteiger charge is -2.21. The minimum absolute atomic E-state index is 0.00361. The number of sulfonamides is 1. The van der Waals surface area contributed by atoms with E-state index in [-0.39, 0.29) is 29.5 Å². The van der Waals surface area contributed by atoms with E-state index in [1.54, 1.807) is 0 Å². The summed E-state index contributed by atoms with van der Waals surface area (Å²) in [5, 5.41) is 2.43. The molecule has 2 rings (SSSR count). The van der Waals surface area contributed by atoms with Crippen molar-refractivity contribution in [2.24, 2.45) is 0 Å². The normalized spacial score (nSPS) is 14.2. The van der Waals surface area contributed by atoms with Crippen molar-refractivity contribution in [2.45, 2.75) is 19.8 Å². The number of carbonyl (C=O) groups excluding carboxylic acids is 1. The topological polar surface area (TPSA) is 84.5 Å². The predicted molar refractivity (Wildman–Crippen MR) is 72.8 cm³/mol. The maximum absolute atomic E-state index is 13.5.